The van der Waals surface area contributed by atoms with Crippen molar-refractivity contribution in [2.45, 2.75) is 63.5 Å². The van der Waals surface area contributed by atoms with Crippen molar-refractivity contribution in [1.29, 1.82) is 0 Å². The fourth-order valence-corrected chi connectivity index (χ4v) is 5.15. The average molecular weight is 299 g/mol. The first kappa shape index (κ1) is 14.6. The van der Waals surface area contributed by atoms with Gasteiger partial charge in [-0.15, -0.1) is 12.4 Å². The van der Waals surface area contributed by atoms with Gasteiger partial charge in [0, 0.05) is 31.6 Å². The standard InChI is InChI=1S/C16H26N2O.ClH/c19-16(9-13-8-11-1-2-12(13)7-11)18-6-5-14-3-4-15(10-18)17-14;/h11-15,17H,1-10H2;1H. The molecule has 1 N–H and O–H groups in total. The molecular formula is C16H27ClN2O. The largest absolute Gasteiger partial charge is 0.341 e. The highest BCUT2D eigenvalue weighted by Gasteiger charge is 2.41. The van der Waals surface area contributed by atoms with E-state index in [0.29, 0.717) is 18.0 Å². The Morgan fingerprint density at radius 2 is 1.90 bits per heavy atom. The first-order chi connectivity index (χ1) is 9.28. The Morgan fingerprint density at radius 3 is 2.65 bits per heavy atom. The minimum atomic E-state index is 0. The Hall–Kier alpha value is -0.280. The Kier molecular flexibility index (Phi) is 4.28. The summed E-state index contributed by atoms with van der Waals surface area (Å²) in [5.41, 5.74) is 0. The molecule has 2 saturated carbocycles. The number of nitrogens with one attached hydrogen (secondary N) is 1. The van der Waals surface area contributed by atoms with Crippen molar-refractivity contribution >= 4 is 18.3 Å². The van der Waals surface area contributed by atoms with E-state index in [1.54, 1.807) is 0 Å². The molecule has 4 bridgehead atoms. The summed E-state index contributed by atoms with van der Waals surface area (Å²) in [7, 11) is 0. The first-order valence-corrected chi connectivity index (χ1v) is 8.32. The van der Waals surface area contributed by atoms with Gasteiger partial charge in [-0.2, -0.15) is 0 Å². The molecule has 0 radical (unpaired) electrons. The SMILES string of the molecule is Cl.O=C(CC1CC2CCC1C2)N1CCC2CCC(C1)N2. The molecule has 114 valence electrons. The molecule has 20 heavy (non-hydrogen) atoms. The lowest BCUT2D eigenvalue weighted by molar-refractivity contribution is -0.132. The molecule has 2 saturated heterocycles. The van der Waals surface area contributed by atoms with Gasteiger partial charge in [0.15, 0.2) is 0 Å². The summed E-state index contributed by atoms with van der Waals surface area (Å²) in [6.45, 7) is 1.96. The molecule has 0 aromatic heterocycles. The van der Waals surface area contributed by atoms with Crippen LogP contribution in [0.4, 0.5) is 0 Å². The van der Waals surface area contributed by atoms with E-state index in [1.807, 2.05) is 0 Å². The molecule has 4 rings (SSSR count). The summed E-state index contributed by atoms with van der Waals surface area (Å²) in [4.78, 5) is 14.7. The molecular weight excluding hydrogens is 272 g/mol. The molecule has 0 spiro atoms. The molecule has 2 heterocycles. The lowest BCUT2D eigenvalue weighted by atomic mass is 9.86. The van der Waals surface area contributed by atoms with Gasteiger partial charge < -0.3 is 10.2 Å². The summed E-state index contributed by atoms with van der Waals surface area (Å²) in [6, 6.07) is 1.27. The second-order valence-corrected chi connectivity index (χ2v) is 7.41. The van der Waals surface area contributed by atoms with Crippen LogP contribution >= 0.6 is 12.4 Å². The quantitative estimate of drug-likeness (QED) is 0.850. The molecule has 1 amide bonds. The van der Waals surface area contributed by atoms with E-state index in [2.05, 4.69) is 10.2 Å². The van der Waals surface area contributed by atoms with E-state index >= 15 is 0 Å². The monoisotopic (exact) mass is 298 g/mol. The van der Waals surface area contributed by atoms with Crippen molar-refractivity contribution < 1.29 is 4.79 Å². The summed E-state index contributed by atoms with van der Waals surface area (Å²) >= 11 is 0. The zero-order valence-electron chi connectivity index (χ0n) is 12.2. The minimum Gasteiger partial charge on any atom is -0.341 e. The topological polar surface area (TPSA) is 32.3 Å². The van der Waals surface area contributed by atoms with Gasteiger partial charge in [-0.3, -0.25) is 4.79 Å². The third kappa shape index (κ3) is 2.71. The van der Waals surface area contributed by atoms with Crippen LogP contribution in [0, 0.1) is 17.8 Å². The number of hydrogen-bond acceptors (Lipinski definition) is 2. The average Bonchev–Trinajstić information content (AvgIpc) is 3.05. The van der Waals surface area contributed by atoms with Gasteiger partial charge in [-0.05, 0) is 56.3 Å². The summed E-state index contributed by atoms with van der Waals surface area (Å²) in [5, 5.41) is 3.66. The maximum Gasteiger partial charge on any atom is 0.222 e. The third-order valence-corrected chi connectivity index (χ3v) is 6.20. The number of amides is 1. The molecule has 5 unspecified atom stereocenters. The number of fused-ring (bicyclic) bond motifs is 4. The van der Waals surface area contributed by atoms with Gasteiger partial charge in [0.2, 0.25) is 5.91 Å². The number of rotatable bonds is 2. The maximum atomic E-state index is 12.6. The Labute approximate surface area is 128 Å². The van der Waals surface area contributed by atoms with E-state index in [9.17, 15) is 4.79 Å². The van der Waals surface area contributed by atoms with Crippen molar-refractivity contribution in [1.82, 2.24) is 10.2 Å². The van der Waals surface area contributed by atoms with Crippen LogP contribution in [0.25, 0.3) is 0 Å². The van der Waals surface area contributed by atoms with Gasteiger partial charge in [0.25, 0.3) is 0 Å². The molecule has 3 nitrogen and oxygen atoms in total. The lowest BCUT2D eigenvalue weighted by Gasteiger charge is -2.28. The van der Waals surface area contributed by atoms with Crippen LogP contribution in [0.1, 0.15) is 51.4 Å². The van der Waals surface area contributed by atoms with Crippen LogP contribution in [0.3, 0.4) is 0 Å². The Morgan fingerprint density at radius 1 is 1.05 bits per heavy atom. The minimum absolute atomic E-state index is 0. The van der Waals surface area contributed by atoms with E-state index in [1.165, 1.54) is 44.9 Å². The fraction of sp³-hybridized carbons (Fsp3) is 0.938. The highest BCUT2D eigenvalue weighted by molar-refractivity contribution is 5.85. The normalized spacial score (nSPS) is 42.4. The van der Waals surface area contributed by atoms with Crippen molar-refractivity contribution in [3.8, 4) is 0 Å². The van der Waals surface area contributed by atoms with Crippen molar-refractivity contribution in [3.05, 3.63) is 0 Å². The predicted octanol–water partition coefficient (Wildman–Crippen LogP) is 2.59. The molecule has 4 heteroatoms. The molecule has 2 aliphatic carbocycles. The van der Waals surface area contributed by atoms with Gasteiger partial charge in [0.05, 0.1) is 0 Å². The smallest absolute Gasteiger partial charge is 0.222 e. The fourth-order valence-electron chi connectivity index (χ4n) is 5.15. The highest BCUT2D eigenvalue weighted by Crippen LogP contribution is 2.49. The van der Waals surface area contributed by atoms with E-state index in [-0.39, 0.29) is 12.4 Å². The van der Waals surface area contributed by atoms with Crippen LogP contribution < -0.4 is 5.32 Å². The maximum absolute atomic E-state index is 12.6. The number of carbonyl (C=O) groups excluding carboxylic acids is 1. The number of likely N-dealkylation sites (tertiary alicyclic amines) is 1. The number of carbonyl (C=O) groups is 1. The van der Waals surface area contributed by atoms with Crippen molar-refractivity contribution in [3.63, 3.8) is 0 Å². The van der Waals surface area contributed by atoms with Crippen molar-refractivity contribution in [2.75, 3.05) is 13.1 Å². The van der Waals surface area contributed by atoms with Gasteiger partial charge in [-0.25, -0.2) is 0 Å². The summed E-state index contributed by atoms with van der Waals surface area (Å²) in [5.74, 6) is 3.02. The predicted molar refractivity (Wildman–Crippen MR) is 81.9 cm³/mol. The molecule has 2 aliphatic heterocycles. The van der Waals surface area contributed by atoms with E-state index in [0.717, 1.165) is 37.3 Å². The van der Waals surface area contributed by atoms with Crippen LogP contribution in [-0.4, -0.2) is 36.0 Å². The van der Waals surface area contributed by atoms with Gasteiger partial charge >= 0.3 is 0 Å². The highest BCUT2D eigenvalue weighted by atomic mass is 35.5. The molecule has 4 fully saturated rings. The molecule has 0 aromatic rings. The summed E-state index contributed by atoms with van der Waals surface area (Å²) < 4.78 is 0. The second kappa shape index (κ2) is 5.84. The molecule has 5 atom stereocenters. The first-order valence-electron chi connectivity index (χ1n) is 8.32. The number of nitrogens with zero attached hydrogens (tertiary/aromatic N) is 1. The second-order valence-electron chi connectivity index (χ2n) is 7.41. The molecule has 4 aliphatic rings. The number of hydrogen-bond donors (Lipinski definition) is 1. The van der Waals surface area contributed by atoms with Crippen molar-refractivity contribution in [2.24, 2.45) is 17.8 Å². The van der Waals surface area contributed by atoms with Gasteiger partial charge in [0.1, 0.15) is 0 Å². The zero-order valence-corrected chi connectivity index (χ0v) is 13.0. The van der Waals surface area contributed by atoms with E-state index < -0.39 is 0 Å². The third-order valence-electron chi connectivity index (χ3n) is 6.20. The van der Waals surface area contributed by atoms with Crippen LogP contribution in [0.2, 0.25) is 0 Å². The van der Waals surface area contributed by atoms with Gasteiger partial charge in [-0.1, -0.05) is 6.42 Å². The van der Waals surface area contributed by atoms with Crippen LogP contribution in [0.5, 0.6) is 0 Å². The van der Waals surface area contributed by atoms with Crippen LogP contribution in [0.15, 0.2) is 0 Å². The Bertz CT molecular complexity index is 375. The van der Waals surface area contributed by atoms with Crippen LogP contribution in [-0.2, 0) is 4.79 Å². The zero-order chi connectivity index (χ0) is 12.8. The lowest BCUT2D eigenvalue weighted by Crippen LogP contribution is -2.40. The number of halogens is 1. The summed E-state index contributed by atoms with van der Waals surface area (Å²) in [6.07, 6.45) is 10.2. The molecule has 0 aromatic carbocycles. The Balaban J connectivity index is 0.00000121. The van der Waals surface area contributed by atoms with E-state index in [4.69, 9.17) is 0 Å².